The maximum absolute atomic E-state index is 13.1. The van der Waals surface area contributed by atoms with Gasteiger partial charge in [0.15, 0.2) is 0 Å². The molecule has 0 spiro atoms. The van der Waals surface area contributed by atoms with E-state index in [-0.39, 0.29) is 18.2 Å². The Bertz CT molecular complexity index is 812. The van der Waals surface area contributed by atoms with Gasteiger partial charge < -0.3 is 15.0 Å². The summed E-state index contributed by atoms with van der Waals surface area (Å²) in [5.74, 6) is -1.13. The molecule has 0 fully saturated rings. The molecule has 2 aromatic rings. The predicted octanol–water partition coefficient (Wildman–Crippen LogP) is 3.87. The van der Waals surface area contributed by atoms with Crippen LogP contribution in [0.3, 0.4) is 0 Å². The summed E-state index contributed by atoms with van der Waals surface area (Å²) in [7, 11) is 0. The lowest BCUT2D eigenvalue weighted by Crippen LogP contribution is -2.09. The molecule has 24 heavy (non-hydrogen) atoms. The summed E-state index contributed by atoms with van der Waals surface area (Å²) < 4.78 is 23.2. The van der Waals surface area contributed by atoms with Gasteiger partial charge in [0.1, 0.15) is 18.1 Å². The number of ether oxygens (including phenoxy) is 1. The zero-order chi connectivity index (χ0) is 17.5. The van der Waals surface area contributed by atoms with Crippen molar-refractivity contribution >= 4 is 23.1 Å². The highest BCUT2D eigenvalue weighted by Crippen LogP contribution is 2.18. The zero-order valence-corrected chi connectivity index (χ0v) is 13.3. The number of nitrogens with zero attached hydrogens (tertiary/aromatic N) is 1. The molecule has 0 radical (unpaired) electrons. The third kappa shape index (κ3) is 4.57. The second-order valence-electron chi connectivity index (χ2n) is 4.64. The SMILES string of the molecule is C=C/C(=C\C=C\OCc1cc(F)ccc1Cl)c1cc(C(N)=O)on1. The van der Waals surface area contributed by atoms with E-state index in [9.17, 15) is 9.18 Å². The van der Waals surface area contributed by atoms with E-state index < -0.39 is 5.91 Å². The maximum Gasteiger partial charge on any atom is 0.287 e. The second-order valence-corrected chi connectivity index (χ2v) is 5.05. The topological polar surface area (TPSA) is 78.4 Å². The van der Waals surface area contributed by atoms with E-state index in [0.29, 0.717) is 21.9 Å². The van der Waals surface area contributed by atoms with E-state index in [0.717, 1.165) is 0 Å². The lowest BCUT2D eigenvalue weighted by Gasteiger charge is -2.03. The van der Waals surface area contributed by atoms with E-state index in [2.05, 4.69) is 11.7 Å². The van der Waals surface area contributed by atoms with E-state index in [1.54, 1.807) is 12.2 Å². The monoisotopic (exact) mass is 348 g/mol. The van der Waals surface area contributed by atoms with Crippen molar-refractivity contribution in [2.45, 2.75) is 6.61 Å². The molecule has 0 aliphatic rings. The molecule has 0 unspecified atom stereocenters. The molecule has 1 heterocycles. The van der Waals surface area contributed by atoms with Gasteiger partial charge in [0.05, 0.1) is 6.26 Å². The number of carbonyl (C=O) groups excluding carboxylic acids is 1. The molecule has 2 N–H and O–H groups in total. The zero-order valence-electron chi connectivity index (χ0n) is 12.5. The van der Waals surface area contributed by atoms with E-state index in [4.69, 9.17) is 26.6 Å². The molecule has 0 bridgehead atoms. The number of amides is 1. The van der Waals surface area contributed by atoms with Gasteiger partial charge in [-0.25, -0.2) is 4.39 Å². The number of aromatic nitrogens is 1. The van der Waals surface area contributed by atoms with Crippen LogP contribution in [0.15, 0.2) is 59.9 Å². The number of hydrogen-bond donors (Lipinski definition) is 1. The molecule has 2 rings (SSSR count). The molecular weight excluding hydrogens is 335 g/mol. The van der Waals surface area contributed by atoms with Gasteiger partial charge in [0, 0.05) is 22.2 Å². The highest BCUT2D eigenvalue weighted by Gasteiger charge is 2.10. The molecule has 0 aliphatic carbocycles. The molecule has 1 aromatic carbocycles. The average Bonchev–Trinajstić information content (AvgIpc) is 3.04. The molecule has 0 atom stereocenters. The first kappa shape index (κ1) is 17.5. The fourth-order valence-electron chi connectivity index (χ4n) is 1.78. The number of benzene rings is 1. The van der Waals surface area contributed by atoms with Crippen LogP contribution < -0.4 is 5.73 Å². The molecule has 1 aromatic heterocycles. The summed E-state index contributed by atoms with van der Waals surface area (Å²) in [6.45, 7) is 3.78. The van der Waals surface area contributed by atoms with Crippen molar-refractivity contribution in [1.82, 2.24) is 5.16 Å². The first-order chi connectivity index (χ1) is 11.5. The van der Waals surface area contributed by atoms with Crippen LogP contribution in [0.2, 0.25) is 5.02 Å². The Kier molecular flexibility index (Phi) is 5.92. The van der Waals surface area contributed by atoms with Crippen LogP contribution in [0, 0.1) is 5.82 Å². The average molecular weight is 349 g/mol. The van der Waals surface area contributed by atoms with Crippen LogP contribution in [0.4, 0.5) is 4.39 Å². The Morgan fingerprint density at radius 1 is 1.46 bits per heavy atom. The molecule has 124 valence electrons. The van der Waals surface area contributed by atoms with Crippen molar-refractivity contribution in [1.29, 1.82) is 0 Å². The lowest BCUT2D eigenvalue weighted by molar-refractivity contribution is 0.0965. The van der Waals surface area contributed by atoms with Gasteiger partial charge in [0.25, 0.3) is 5.91 Å². The van der Waals surface area contributed by atoms with Gasteiger partial charge in [-0.05, 0) is 30.4 Å². The number of carbonyl (C=O) groups is 1. The number of primary amides is 1. The second kappa shape index (κ2) is 8.12. The number of nitrogens with two attached hydrogens (primary N) is 1. The fourth-order valence-corrected chi connectivity index (χ4v) is 1.95. The Balaban J connectivity index is 1.99. The van der Waals surface area contributed by atoms with Crippen molar-refractivity contribution in [3.63, 3.8) is 0 Å². The van der Waals surface area contributed by atoms with Gasteiger partial charge in [-0.2, -0.15) is 0 Å². The van der Waals surface area contributed by atoms with E-state index >= 15 is 0 Å². The first-order valence-corrected chi connectivity index (χ1v) is 7.20. The van der Waals surface area contributed by atoms with Crippen LogP contribution in [0.5, 0.6) is 0 Å². The molecule has 1 amide bonds. The van der Waals surface area contributed by atoms with Crippen LogP contribution in [-0.4, -0.2) is 11.1 Å². The number of hydrogen-bond acceptors (Lipinski definition) is 4. The van der Waals surface area contributed by atoms with E-state index in [1.807, 2.05) is 0 Å². The van der Waals surface area contributed by atoms with Gasteiger partial charge in [0.2, 0.25) is 5.76 Å². The van der Waals surface area contributed by atoms with Crippen LogP contribution in [-0.2, 0) is 11.3 Å². The third-order valence-electron chi connectivity index (χ3n) is 2.97. The molecule has 0 saturated carbocycles. The van der Waals surface area contributed by atoms with Crippen molar-refractivity contribution in [3.05, 3.63) is 83.2 Å². The highest BCUT2D eigenvalue weighted by atomic mass is 35.5. The molecule has 5 nitrogen and oxygen atoms in total. The highest BCUT2D eigenvalue weighted by molar-refractivity contribution is 6.31. The molecule has 0 aliphatic heterocycles. The van der Waals surface area contributed by atoms with Crippen molar-refractivity contribution in [2.75, 3.05) is 0 Å². The van der Waals surface area contributed by atoms with Gasteiger partial charge in [-0.15, -0.1) is 0 Å². The smallest absolute Gasteiger partial charge is 0.287 e. The Morgan fingerprint density at radius 2 is 2.25 bits per heavy atom. The minimum Gasteiger partial charge on any atom is -0.496 e. The summed E-state index contributed by atoms with van der Waals surface area (Å²) >= 11 is 5.94. The fraction of sp³-hybridized carbons (Fsp3) is 0.0588. The lowest BCUT2D eigenvalue weighted by atomic mass is 10.1. The van der Waals surface area contributed by atoms with Crippen LogP contribution in [0.25, 0.3) is 5.57 Å². The summed E-state index contributed by atoms with van der Waals surface area (Å²) in [6, 6.07) is 5.47. The Labute approximate surface area is 142 Å². The van der Waals surface area contributed by atoms with Crippen LogP contribution in [0.1, 0.15) is 21.8 Å². The predicted molar refractivity (Wildman–Crippen MR) is 88.5 cm³/mol. The normalized spacial score (nSPS) is 11.7. The molecule has 0 saturated heterocycles. The largest absolute Gasteiger partial charge is 0.496 e. The van der Waals surface area contributed by atoms with Crippen molar-refractivity contribution < 1.29 is 18.4 Å². The van der Waals surface area contributed by atoms with E-state index in [1.165, 1.54) is 36.6 Å². The summed E-state index contributed by atoms with van der Waals surface area (Å²) in [5.41, 5.74) is 6.66. The number of allylic oxidation sites excluding steroid dienone is 4. The minimum absolute atomic E-state index is 0.0428. The van der Waals surface area contributed by atoms with Gasteiger partial charge in [-0.3, -0.25) is 4.79 Å². The van der Waals surface area contributed by atoms with Crippen molar-refractivity contribution in [2.24, 2.45) is 5.73 Å². The quantitative estimate of drug-likeness (QED) is 0.608. The maximum atomic E-state index is 13.1. The number of rotatable bonds is 7. The first-order valence-electron chi connectivity index (χ1n) is 6.83. The van der Waals surface area contributed by atoms with Gasteiger partial charge in [-0.1, -0.05) is 29.4 Å². The van der Waals surface area contributed by atoms with Crippen LogP contribution >= 0.6 is 11.6 Å². The molecular formula is C17H14ClFN2O3. The minimum atomic E-state index is -0.706. The third-order valence-corrected chi connectivity index (χ3v) is 3.33. The standard InChI is InChI=1S/C17H14ClFN2O3/c1-2-11(15-9-16(17(20)22)24-21-15)4-3-7-23-10-12-8-13(19)5-6-14(12)18/h2-9H,1,10H2,(H2,20,22)/b7-3+,11-4+. The Hall–Kier alpha value is -2.86. The summed E-state index contributed by atoms with van der Waals surface area (Å²) in [4.78, 5) is 11.0. The summed E-state index contributed by atoms with van der Waals surface area (Å²) in [5, 5.41) is 4.15. The van der Waals surface area contributed by atoms with Crippen molar-refractivity contribution in [3.8, 4) is 0 Å². The summed E-state index contributed by atoms with van der Waals surface area (Å²) in [6.07, 6.45) is 6.21. The number of halogens is 2. The Morgan fingerprint density at radius 3 is 2.92 bits per heavy atom. The van der Waals surface area contributed by atoms with Gasteiger partial charge >= 0.3 is 0 Å². The molecule has 7 heteroatoms.